The molecule has 0 amide bonds. The normalized spacial score (nSPS) is 14.5. The van der Waals surface area contributed by atoms with Gasteiger partial charge in [-0.25, -0.2) is 9.18 Å². The van der Waals surface area contributed by atoms with E-state index in [0.29, 0.717) is 22.8 Å². The Morgan fingerprint density at radius 1 is 1.06 bits per heavy atom. The molecule has 2 N–H and O–H groups in total. The summed E-state index contributed by atoms with van der Waals surface area (Å²) in [7, 11) is 1.57. The van der Waals surface area contributed by atoms with Crippen molar-refractivity contribution in [3.63, 3.8) is 0 Å². The molecule has 1 unspecified atom stereocenters. The third kappa shape index (κ3) is 4.72. The van der Waals surface area contributed by atoms with E-state index < -0.39 is 17.7 Å². The molecule has 0 saturated carbocycles. The van der Waals surface area contributed by atoms with Crippen LogP contribution in [0, 0.1) is 17.1 Å². The summed E-state index contributed by atoms with van der Waals surface area (Å²) < 4.78 is 34.4. The van der Waals surface area contributed by atoms with Gasteiger partial charge in [-0.1, -0.05) is 18.2 Å². The number of carbonyl (C=O) groups is 1. The van der Waals surface area contributed by atoms with Crippen LogP contribution in [0.4, 0.5) is 4.39 Å². The van der Waals surface area contributed by atoms with Crippen molar-refractivity contribution in [2.24, 2.45) is 5.73 Å². The molecule has 33 heavy (non-hydrogen) atoms. The lowest BCUT2D eigenvalue weighted by molar-refractivity contribution is -0.136. The fourth-order valence-electron chi connectivity index (χ4n) is 3.47. The molecule has 0 aromatic heterocycles. The third-order valence-electron chi connectivity index (χ3n) is 5.04. The Bertz CT molecular complexity index is 1250. The average molecular weight is 446 g/mol. The smallest absolute Gasteiger partial charge is 0.349 e. The summed E-state index contributed by atoms with van der Waals surface area (Å²) in [6.07, 6.45) is 0. The van der Waals surface area contributed by atoms with Gasteiger partial charge >= 0.3 is 5.97 Å². The van der Waals surface area contributed by atoms with Gasteiger partial charge in [0, 0.05) is 11.6 Å². The zero-order valence-corrected chi connectivity index (χ0v) is 17.6. The van der Waals surface area contributed by atoms with E-state index in [9.17, 15) is 14.4 Å². The first-order valence-corrected chi connectivity index (χ1v) is 9.93. The van der Waals surface area contributed by atoms with Gasteiger partial charge in [0.05, 0.1) is 13.0 Å². The van der Waals surface area contributed by atoms with Crippen LogP contribution >= 0.6 is 0 Å². The highest BCUT2D eigenvalue weighted by molar-refractivity contribution is 5.74. The lowest BCUT2D eigenvalue weighted by atomic mass is 9.83. The number of nitrogens with zero attached hydrogens (tertiary/aromatic N) is 1. The van der Waals surface area contributed by atoms with Crippen LogP contribution in [0.5, 0.6) is 23.0 Å². The average Bonchev–Trinajstić information content (AvgIpc) is 2.83. The number of nitrogens with two attached hydrogens (primary N) is 1. The molecule has 8 heteroatoms. The molecule has 1 heterocycles. The van der Waals surface area contributed by atoms with Crippen molar-refractivity contribution in [3.8, 4) is 29.1 Å². The van der Waals surface area contributed by atoms with Crippen molar-refractivity contribution in [2.45, 2.75) is 5.92 Å². The van der Waals surface area contributed by atoms with E-state index in [4.69, 9.17) is 24.7 Å². The number of carbonyl (C=O) groups excluding carboxylic acids is 1. The molecule has 7 nitrogen and oxygen atoms in total. The van der Waals surface area contributed by atoms with Crippen molar-refractivity contribution >= 4 is 5.97 Å². The van der Waals surface area contributed by atoms with Gasteiger partial charge in [-0.3, -0.25) is 0 Å². The van der Waals surface area contributed by atoms with Gasteiger partial charge in [0.1, 0.15) is 40.5 Å². The molecule has 0 radical (unpaired) electrons. The van der Waals surface area contributed by atoms with Crippen LogP contribution in [-0.2, 0) is 4.79 Å². The number of benzene rings is 3. The van der Waals surface area contributed by atoms with Crippen LogP contribution in [0.15, 0.2) is 78.2 Å². The number of halogens is 1. The molecular formula is C25H19FN2O5. The maximum absolute atomic E-state index is 13.0. The number of hydrogen-bond acceptors (Lipinski definition) is 7. The Hall–Kier alpha value is -4.51. The number of fused-ring (bicyclic) bond motifs is 1. The lowest BCUT2D eigenvalue weighted by Gasteiger charge is -2.26. The Morgan fingerprint density at radius 3 is 2.39 bits per heavy atom. The fourth-order valence-corrected chi connectivity index (χ4v) is 3.47. The minimum Gasteiger partial charge on any atom is -0.497 e. The Balaban J connectivity index is 1.53. The molecule has 3 aromatic rings. The first kappa shape index (κ1) is 21.7. The molecule has 0 fully saturated rings. The Labute approximate surface area is 189 Å². The molecule has 1 aliphatic heterocycles. The Morgan fingerprint density at radius 2 is 1.73 bits per heavy atom. The third-order valence-corrected chi connectivity index (χ3v) is 5.04. The molecule has 3 aromatic carbocycles. The molecule has 0 bridgehead atoms. The van der Waals surface area contributed by atoms with E-state index in [1.807, 2.05) is 12.1 Å². The number of ether oxygens (including phenoxy) is 4. The SMILES string of the molecule is COc1ccc(C2C(C#N)=C(N)Oc3cc(OC(=O)COc4ccc(F)cc4)ccc32)cc1. The summed E-state index contributed by atoms with van der Waals surface area (Å²) in [4.78, 5) is 12.2. The van der Waals surface area contributed by atoms with Gasteiger partial charge in [-0.05, 0) is 48.0 Å². The van der Waals surface area contributed by atoms with Gasteiger partial charge in [0.2, 0.25) is 5.88 Å². The first-order chi connectivity index (χ1) is 16.0. The monoisotopic (exact) mass is 446 g/mol. The summed E-state index contributed by atoms with van der Waals surface area (Å²) in [6.45, 7) is -0.362. The van der Waals surface area contributed by atoms with Crippen molar-refractivity contribution in [1.29, 1.82) is 5.26 Å². The molecule has 4 rings (SSSR count). The van der Waals surface area contributed by atoms with E-state index in [1.54, 1.807) is 31.4 Å². The second kappa shape index (κ2) is 9.32. The maximum atomic E-state index is 13.0. The van der Waals surface area contributed by atoms with Gasteiger partial charge in [0.25, 0.3) is 0 Å². The molecule has 0 aliphatic carbocycles. The summed E-state index contributed by atoms with van der Waals surface area (Å²) in [5, 5.41) is 9.66. The van der Waals surface area contributed by atoms with Crippen LogP contribution < -0.4 is 24.7 Å². The molecule has 166 valence electrons. The second-order valence-corrected chi connectivity index (χ2v) is 7.11. The minimum absolute atomic E-state index is 0.0195. The molecule has 0 saturated heterocycles. The van der Waals surface area contributed by atoms with Crippen molar-refractivity contribution in [3.05, 3.63) is 95.1 Å². The summed E-state index contributed by atoms with van der Waals surface area (Å²) >= 11 is 0. The van der Waals surface area contributed by atoms with Gasteiger partial charge in [-0.15, -0.1) is 0 Å². The highest BCUT2D eigenvalue weighted by Crippen LogP contribution is 2.43. The number of methoxy groups -OCH3 is 1. The topological polar surface area (TPSA) is 104 Å². The predicted molar refractivity (Wildman–Crippen MR) is 116 cm³/mol. The zero-order valence-electron chi connectivity index (χ0n) is 17.6. The zero-order chi connectivity index (χ0) is 23.4. The van der Waals surface area contributed by atoms with Crippen LogP contribution in [-0.4, -0.2) is 19.7 Å². The molecular weight excluding hydrogens is 427 g/mol. The molecule has 1 atom stereocenters. The van der Waals surface area contributed by atoms with E-state index in [2.05, 4.69) is 6.07 Å². The van der Waals surface area contributed by atoms with Gasteiger partial charge in [-0.2, -0.15) is 5.26 Å². The number of nitriles is 1. The van der Waals surface area contributed by atoms with Crippen molar-refractivity contribution in [2.75, 3.05) is 13.7 Å². The highest BCUT2D eigenvalue weighted by atomic mass is 19.1. The number of rotatable bonds is 6. The van der Waals surface area contributed by atoms with Crippen LogP contribution in [0.1, 0.15) is 17.0 Å². The molecule has 1 aliphatic rings. The van der Waals surface area contributed by atoms with Crippen LogP contribution in [0.2, 0.25) is 0 Å². The van der Waals surface area contributed by atoms with E-state index >= 15 is 0 Å². The maximum Gasteiger partial charge on any atom is 0.349 e. The number of esters is 1. The standard InChI is InChI=1S/C25H19FN2O5/c1-30-17-6-2-15(3-7-17)24-20-11-10-19(12-22(20)33-25(28)21(24)13-27)32-23(29)14-31-18-8-4-16(26)5-9-18/h2-12,24H,14,28H2,1H3. The minimum atomic E-state index is -0.650. The van der Waals surface area contributed by atoms with Gasteiger partial charge < -0.3 is 24.7 Å². The number of allylic oxidation sites excluding steroid dienone is 1. The van der Waals surface area contributed by atoms with E-state index in [1.165, 1.54) is 30.3 Å². The Kier molecular flexibility index (Phi) is 6.13. The van der Waals surface area contributed by atoms with Gasteiger partial charge in [0.15, 0.2) is 6.61 Å². The van der Waals surface area contributed by atoms with Crippen molar-refractivity contribution in [1.82, 2.24) is 0 Å². The molecule has 0 spiro atoms. The van der Waals surface area contributed by atoms with Crippen molar-refractivity contribution < 1.29 is 28.1 Å². The summed E-state index contributed by atoms with van der Waals surface area (Å²) in [6, 6.07) is 19.6. The summed E-state index contributed by atoms with van der Waals surface area (Å²) in [5.41, 5.74) is 7.83. The van der Waals surface area contributed by atoms with E-state index in [0.717, 1.165) is 5.56 Å². The van der Waals surface area contributed by atoms with Crippen LogP contribution in [0.3, 0.4) is 0 Å². The fraction of sp³-hybridized carbons (Fsp3) is 0.120. The second-order valence-electron chi connectivity index (χ2n) is 7.11. The number of hydrogen-bond donors (Lipinski definition) is 1. The highest BCUT2D eigenvalue weighted by Gasteiger charge is 2.31. The lowest BCUT2D eigenvalue weighted by Crippen LogP contribution is -2.21. The predicted octanol–water partition coefficient (Wildman–Crippen LogP) is 4.04. The van der Waals surface area contributed by atoms with E-state index in [-0.39, 0.29) is 23.8 Å². The largest absolute Gasteiger partial charge is 0.497 e. The van der Waals surface area contributed by atoms with Crippen LogP contribution in [0.25, 0.3) is 0 Å². The summed E-state index contributed by atoms with van der Waals surface area (Å²) in [5.74, 6) is 0.103. The quantitative estimate of drug-likeness (QED) is 0.450. The first-order valence-electron chi connectivity index (χ1n) is 9.93.